The summed E-state index contributed by atoms with van der Waals surface area (Å²) in [6.45, 7) is 3.55. The molecule has 1 aliphatic rings. The van der Waals surface area contributed by atoms with Gasteiger partial charge < -0.3 is 4.74 Å². The second kappa shape index (κ2) is 3.88. The predicted octanol–water partition coefficient (Wildman–Crippen LogP) is 0.906. The van der Waals surface area contributed by atoms with E-state index in [1.807, 2.05) is 6.92 Å². The number of ether oxygens (including phenoxy) is 1. The molecule has 16 heavy (non-hydrogen) atoms. The van der Waals surface area contributed by atoms with E-state index in [9.17, 15) is 4.79 Å². The lowest BCUT2D eigenvalue weighted by molar-refractivity contribution is -0.116. The van der Waals surface area contributed by atoms with Crippen LogP contribution in [0, 0.1) is 6.92 Å². The highest BCUT2D eigenvalue weighted by Crippen LogP contribution is 2.21. The lowest BCUT2D eigenvalue weighted by Crippen LogP contribution is -2.21. The Labute approximate surface area is 93.0 Å². The summed E-state index contributed by atoms with van der Waals surface area (Å²) >= 11 is 0. The second-order valence-corrected chi connectivity index (χ2v) is 3.53. The Balaban J connectivity index is 2.40. The quantitative estimate of drug-likeness (QED) is 0.742. The first-order chi connectivity index (χ1) is 7.60. The molecule has 0 saturated heterocycles. The number of hydrogen-bond donors (Lipinski definition) is 0. The summed E-state index contributed by atoms with van der Waals surface area (Å²) in [4.78, 5) is 19.8. The van der Waals surface area contributed by atoms with Gasteiger partial charge in [0.1, 0.15) is 5.82 Å². The van der Waals surface area contributed by atoms with Gasteiger partial charge in [0.2, 0.25) is 5.88 Å². The van der Waals surface area contributed by atoms with Crippen molar-refractivity contribution < 1.29 is 9.53 Å². The number of hydrazone groups is 1. The first-order valence-corrected chi connectivity index (χ1v) is 4.87. The standard InChI is InChI=1S/C10H12N4O2/c1-6-4-10(15)14(13-6)8-5-9(16-3)12-7(2)11-8/h5H,4H2,1-3H3. The van der Waals surface area contributed by atoms with Crippen LogP contribution in [0.3, 0.4) is 0 Å². The summed E-state index contributed by atoms with van der Waals surface area (Å²) in [6.07, 6.45) is 0.339. The van der Waals surface area contributed by atoms with Crippen LogP contribution in [-0.4, -0.2) is 28.7 Å². The Hall–Kier alpha value is -1.98. The van der Waals surface area contributed by atoms with Crippen LogP contribution in [0.1, 0.15) is 19.2 Å². The van der Waals surface area contributed by atoms with Gasteiger partial charge in [0, 0.05) is 11.8 Å². The van der Waals surface area contributed by atoms with Gasteiger partial charge in [0.05, 0.1) is 13.5 Å². The van der Waals surface area contributed by atoms with Gasteiger partial charge in [-0.1, -0.05) is 0 Å². The van der Waals surface area contributed by atoms with Crippen molar-refractivity contribution in [1.82, 2.24) is 9.97 Å². The zero-order chi connectivity index (χ0) is 11.7. The fourth-order valence-electron chi connectivity index (χ4n) is 1.47. The summed E-state index contributed by atoms with van der Waals surface area (Å²) in [5.41, 5.74) is 0.778. The zero-order valence-electron chi connectivity index (χ0n) is 9.39. The van der Waals surface area contributed by atoms with E-state index in [1.165, 1.54) is 12.1 Å². The number of hydrogen-bond acceptors (Lipinski definition) is 5. The van der Waals surface area contributed by atoms with Crippen LogP contribution < -0.4 is 9.75 Å². The predicted molar refractivity (Wildman–Crippen MR) is 58.5 cm³/mol. The molecule has 0 radical (unpaired) electrons. The van der Waals surface area contributed by atoms with Crippen molar-refractivity contribution >= 4 is 17.4 Å². The van der Waals surface area contributed by atoms with Gasteiger partial charge in [-0.05, 0) is 13.8 Å². The SMILES string of the molecule is COc1cc(N2N=C(C)CC2=O)nc(C)n1. The highest BCUT2D eigenvalue weighted by Gasteiger charge is 2.24. The molecule has 0 unspecified atom stereocenters. The minimum absolute atomic E-state index is 0.0855. The van der Waals surface area contributed by atoms with E-state index in [-0.39, 0.29) is 5.91 Å². The van der Waals surface area contributed by atoms with Gasteiger partial charge >= 0.3 is 0 Å². The van der Waals surface area contributed by atoms with Gasteiger partial charge in [0.15, 0.2) is 5.82 Å². The third-order valence-corrected chi connectivity index (χ3v) is 2.14. The van der Waals surface area contributed by atoms with Gasteiger partial charge in [-0.25, -0.2) is 4.98 Å². The first kappa shape index (κ1) is 10.5. The number of aryl methyl sites for hydroxylation is 1. The Kier molecular flexibility index (Phi) is 2.55. The molecular weight excluding hydrogens is 208 g/mol. The minimum Gasteiger partial charge on any atom is -0.481 e. The van der Waals surface area contributed by atoms with Crippen LogP contribution in [0.4, 0.5) is 5.82 Å². The van der Waals surface area contributed by atoms with Gasteiger partial charge in [-0.3, -0.25) is 4.79 Å². The zero-order valence-corrected chi connectivity index (χ0v) is 9.39. The van der Waals surface area contributed by atoms with Crippen LogP contribution in [-0.2, 0) is 4.79 Å². The molecule has 0 aliphatic carbocycles. The van der Waals surface area contributed by atoms with Crippen molar-refractivity contribution in [3.05, 3.63) is 11.9 Å². The third kappa shape index (κ3) is 1.86. The average molecular weight is 220 g/mol. The molecule has 0 fully saturated rings. The maximum Gasteiger partial charge on any atom is 0.254 e. The van der Waals surface area contributed by atoms with E-state index >= 15 is 0 Å². The molecule has 2 rings (SSSR count). The van der Waals surface area contributed by atoms with Crippen LogP contribution in [0.2, 0.25) is 0 Å². The molecule has 0 atom stereocenters. The number of rotatable bonds is 2. The van der Waals surface area contributed by atoms with E-state index in [2.05, 4.69) is 15.1 Å². The highest BCUT2D eigenvalue weighted by atomic mass is 16.5. The van der Waals surface area contributed by atoms with E-state index < -0.39 is 0 Å². The van der Waals surface area contributed by atoms with Crippen LogP contribution in [0.15, 0.2) is 11.2 Å². The number of nitrogens with zero attached hydrogens (tertiary/aromatic N) is 4. The normalized spacial score (nSPS) is 15.3. The molecule has 1 aromatic rings. The molecule has 0 spiro atoms. The first-order valence-electron chi connectivity index (χ1n) is 4.87. The molecule has 0 saturated carbocycles. The fourth-order valence-corrected chi connectivity index (χ4v) is 1.47. The molecular formula is C10H12N4O2. The molecule has 1 amide bonds. The third-order valence-electron chi connectivity index (χ3n) is 2.14. The molecule has 6 heteroatoms. The minimum atomic E-state index is -0.0855. The van der Waals surface area contributed by atoms with Crippen molar-refractivity contribution in [2.75, 3.05) is 12.1 Å². The fraction of sp³-hybridized carbons (Fsp3) is 0.400. The van der Waals surface area contributed by atoms with Crippen molar-refractivity contribution in [2.24, 2.45) is 5.10 Å². The summed E-state index contributed by atoms with van der Waals surface area (Å²) in [5.74, 6) is 1.33. The summed E-state index contributed by atoms with van der Waals surface area (Å²) in [5, 5.41) is 5.40. The van der Waals surface area contributed by atoms with Crippen molar-refractivity contribution in [3.63, 3.8) is 0 Å². The second-order valence-electron chi connectivity index (χ2n) is 3.53. The number of methoxy groups -OCH3 is 1. The Morgan fingerprint density at radius 1 is 1.38 bits per heavy atom. The summed E-state index contributed by atoms with van der Waals surface area (Å²) in [6, 6.07) is 1.59. The van der Waals surface area contributed by atoms with Crippen LogP contribution >= 0.6 is 0 Å². The van der Waals surface area contributed by atoms with Crippen molar-refractivity contribution in [2.45, 2.75) is 20.3 Å². The van der Waals surface area contributed by atoms with E-state index in [1.54, 1.807) is 13.0 Å². The number of amides is 1. The van der Waals surface area contributed by atoms with Gasteiger partial charge in [0.25, 0.3) is 5.91 Å². The molecule has 0 aromatic carbocycles. The highest BCUT2D eigenvalue weighted by molar-refractivity contribution is 6.11. The molecule has 0 N–H and O–H groups in total. The van der Waals surface area contributed by atoms with Crippen LogP contribution in [0.25, 0.3) is 0 Å². The largest absolute Gasteiger partial charge is 0.481 e. The molecule has 0 bridgehead atoms. The molecule has 84 valence electrons. The number of aromatic nitrogens is 2. The Bertz CT molecular complexity index is 470. The smallest absolute Gasteiger partial charge is 0.254 e. The van der Waals surface area contributed by atoms with Crippen LogP contribution in [0.5, 0.6) is 5.88 Å². The van der Waals surface area contributed by atoms with Crippen molar-refractivity contribution in [1.29, 1.82) is 0 Å². The van der Waals surface area contributed by atoms with E-state index in [4.69, 9.17) is 4.74 Å². The summed E-state index contributed by atoms with van der Waals surface area (Å²) < 4.78 is 5.02. The number of anilines is 1. The lowest BCUT2D eigenvalue weighted by Gasteiger charge is -2.11. The monoisotopic (exact) mass is 220 g/mol. The number of carbonyl (C=O) groups is 1. The summed E-state index contributed by atoms with van der Waals surface area (Å²) in [7, 11) is 1.52. The maximum atomic E-state index is 11.6. The Morgan fingerprint density at radius 3 is 2.69 bits per heavy atom. The van der Waals surface area contributed by atoms with E-state index in [0.717, 1.165) is 5.71 Å². The molecule has 6 nitrogen and oxygen atoms in total. The molecule has 1 aliphatic heterocycles. The van der Waals surface area contributed by atoms with Gasteiger partial charge in [-0.2, -0.15) is 15.1 Å². The molecule has 1 aromatic heterocycles. The Morgan fingerprint density at radius 2 is 2.12 bits per heavy atom. The lowest BCUT2D eigenvalue weighted by atomic mass is 10.3. The number of carbonyl (C=O) groups excluding carboxylic acids is 1. The van der Waals surface area contributed by atoms with Crippen molar-refractivity contribution in [3.8, 4) is 5.88 Å². The molecule has 2 heterocycles. The average Bonchev–Trinajstić information content (AvgIpc) is 2.57. The van der Waals surface area contributed by atoms with E-state index in [0.29, 0.717) is 23.9 Å². The topological polar surface area (TPSA) is 67.7 Å². The van der Waals surface area contributed by atoms with Gasteiger partial charge in [-0.15, -0.1) is 0 Å². The maximum absolute atomic E-state index is 11.6.